The van der Waals surface area contributed by atoms with Crippen molar-refractivity contribution in [2.45, 2.75) is 44.7 Å². The van der Waals surface area contributed by atoms with Crippen molar-refractivity contribution >= 4 is 0 Å². The van der Waals surface area contributed by atoms with E-state index in [4.69, 9.17) is 12.2 Å². The molecule has 104 valence electrons. The Morgan fingerprint density at radius 2 is 2.26 bits per heavy atom. The highest BCUT2D eigenvalue weighted by molar-refractivity contribution is 5.19. The van der Waals surface area contributed by atoms with Crippen LogP contribution in [0.15, 0.2) is 24.3 Å². The summed E-state index contributed by atoms with van der Waals surface area (Å²) in [5.41, 5.74) is 6.47. The summed E-state index contributed by atoms with van der Waals surface area (Å²) in [6.07, 6.45) is 8.11. The molecule has 2 unspecified atom stereocenters. The fourth-order valence-corrected chi connectivity index (χ4v) is 2.19. The van der Waals surface area contributed by atoms with Gasteiger partial charge in [0.05, 0.1) is 6.04 Å². The first-order valence-electron chi connectivity index (χ1n) is 6.71. The van der Waals surface area contributed by atoms with Crippen LogP contribution in [0.1, 0.15) is 32.3 Å². The SMILES string of the molecule is C#CC(CCC)NC(C)(CN)Cc1cccc(F)c1. The number of rotatable bonds is 7. The summed E-state index contributed by atoms with van der Waals surface area (Å²) in [6, 6.07) is 6.61. The highest BCUT2D eigenvalue weighted by Crippen LogP contribution is 2.15. The van der Waals surface area contributed by atoms with E-state index in [0.29, 0.717) is 13.0 Å². The molecule has 2 nitrogen and oxygen atoms in total. The quantitative estimate of drug-likeness (QED) is 0.741. The van der Waals surface area contributed by atoms with Gasteiger partial charge in [-0.3, -0.25) is 5.32 Å². The molecule has 3 heteroatoms. The van der Waals surface area contributed by atoms with Crippen LogP contribution in [0.4, 0.5) is 4.39 Å². The number of hydrogen-bond donors (Lipinski definition) is 2. The molecule has 0 fully saturated rings. The van der Waals surface area contributed by atoms with Crippen LogP contribution in [0.3, 0.4) is 0 Å². The Morgan fingerprint density at radius 1 is 1.53 bits per heavy atom. The molecule has 0 aliphatic rings. The Morgan fingerprint density at radius 3 is 2.79 bits per heavy atom. The average molecular weight is 262 g/mol. The van der Waals surface area contributed by atoms with E-state index >= 15 is 0 Å². The molecule has 0 bridgehead atoms. The van der Waals surface area contributed by atoms with E-state index in [9.17, 15) is 4.39 Å². The summed E-state index contributed by atoms with van der Waals surface area (Å²) in [5, 5.41) is 3.42. The molecule has 3 N–H and O–H groups in total. The maximum atomic E-state index is 13.2. The van der Waals surface area contributed by atoms with Gasteiger partial charge in [-0.1, -0.05) is 31.4 Å². The summed E-state index contributed by atoms with van der Waals surface area (Å²) >= 11 is 0. The van der Waals surface area contributed by atoms with E-state index in [-0.39, 0.29) is 17.4 Å². The van der Waals surface area contributed by atoms with E-state index in [1.165, 1.54) is 6.07 Å². The van der Waals surface area contributed by atoms with Crippen molar-refractivity contribution in [3.63, 3.8) is 0 Å². The first-order valence-corrected chi connectivity index (χ1v) is 6.71. The second-order valence-electron chi connectivity index (χ2n) is 5.22. The van der Waals surface area contributed by atoms with Crippen molar-refractivity contribution in [1.82, 2.24) is 5.32 Å². The third kappa shape index (κ3) is 5.02. The van der Waals surface area contributed by atoms with Crippen LogP contribution < -0.4 is 11.1 Å². The van der Waals surface area contributed by atoms with E-state index in [1.54, 1.807) is 12.1 Å². The van der Waals surface area contributed by atoms with Crippen molar-refractivity contribution in [3.05, 3.63) is 35.6 Å². The lowest BCUT2D eigenvalue weighted by Gasteiger charge is -2.32. The molecule has 0 amide bonds. The van der Waals surface area contributed by atoms with E-state index in [1.807, 2.05) is 13.0 Å². The van der Waals surface area contributed by atoms with Gasteiger partial charge in [-0.15, -0.1) is 6.42 Å². The van der Waals surface area contributed by atoms with Crippen LogP contribution in [0, 0.1) is 18.2 Å². The molecule has 0 saturated heterocycles. The molecule has 1 aromatic rings. The van der Waals surface area contributed by atoms with Crippen molar-refractivity contribution < 1.29 is 4.39 Å². The number of halogens is 1. The number of benzene rings is 1. The first kappa shape index (κ1) is 15.7. The summed E-state index contributed by atoms with van der Waals surface area (Å²) in [6.45, 7) is 4.57. The minimum atomic E-state index is -0.319. The summed E-state index contributed by atoms with van der Waals surface area (Å²) in [7, 11) is 0. The van der Waals surface area contributed by atoms with Gasteiger partial charge in [0.25, 0.3) is 0 Å². The van der Waals surface area contributed by atoms with Gasteiger partial charge in [-0.05, 0) is 37.5 Å². The lowest BCUT2D eigenvalue weighted by molar-refractivity contribution is 0.331. The Balaban J connectivity index is 2.77. The lowest BCUT2D eigenvalue weighted by atomic mass is 9.91. The average Bonchev–Trinajstić information content (AvgIpc) is 2.38. The van der Waals surface area contributed by atoms with Gasteiger partial charge >= 0.3 is 0 Å². The Hall–Kier alpha value is -1.37. The molecule has 1 aromatic carbocycles. The predicted octanol–water partition coefficient (Wildman–Crippen LogP) is 2.48. The zero-order chi connectivity index (χ0) is 14.3. The first-order chi connectivity index (χ1) is 9.03. The van der Waals surface area contributed by atoms with Gasteiger partial charge in [0.15, 0.2) is 0 Å². The van der Waals surface area contributed by atoms with Crippen molar-refractivity contribution in [1.29, 1.82) is 0 Å². The number of nitrogens with two attached hydrogens (primary N) is 1. The van der Waals surface area contributed by atoms with E-state index in [2.05, 4.69) is 18.2 Å². The summed E-state index contributed by atoms with van der Waals surface area (Å²) in [5.74, 6) is 2.53. The Bertz CT molecular complexity index is 439. The smallest absolute Gasteiger partial charge is 0.123 e. The second-order valence-corrected chi connectivity index (χ2v) is 5.22. The van der Waals surface area contributed by atoms with Crippen LogP contribution >= 0.6 is 0 Å². The third-order valence-electron chi connectivity index (χ3n) is 3.24. The number of terminal acetylenes is 1. The second kappa shape index (κ2) is 7.28. The van der Waals surface area contributed by atoms with Gasteiger partial charge in [0.1, 0.15) is 5.82 Å². The van der Waals surface area contributed by atoms with E-state index in [0.717, 1.165) is 18.4 Å². The van der Waals surface area contributed by atoms with Crippen LogP contribution in [-0.2, 0) is 6.42 Å². The maximum Gasteiger partial charge on any atom is 0.123 e. The molecule has 0 aliphatic carbocycles. The van der Waals surface area contributed by atoms with Crippen LogP contribution in [0.2, 0.25) is 0 Å². The summed E-state index contributed by atoms with van der Waals surface area (Å²) in [4.78, 5) is 0. The molecular weight excluding hydrogens is 239 g/mol. The topological polar surface area (TPSA) is 38.0 Å². The van der Waals surface area contributed by atoms with Crippen molar-refractivity contribution in [3.8, 4) is 12.3 Å². The van der Waals surface area contributed by atoms with Crippen LogP contribution in [0.25, 0.3) is 0 Å². The van der Waals surface area contributed by atoms with Crippen LogP contribution in [0.5, 0.6) is 0 Å². The highest BCUT2D eigenvalue weighted by Gasteiger charge is 2.25. The molecule has 0 aliphatic heterocycles. The van der Waals surface area contributed by atoms with Gasteiger partial charge in [0, 0.05) is 12.1 Å². The van der Waals surface area contributed by atoms with Gasteiger partial charge in [-0.2, -0.15) is 0 Å². The fraction of sp³-hybridized carbons (Fsp3) is 0.500. The molecule has 1 rings (SSSR count). The Kier molecular flexibility index (Phi) is 6.01. The van der Waals surface area contributed by atoms with Crippen molar-refractivity contribution in [2.75, 3.05) is 6.54 Å². The van der Waals surface area contributed by atoms with E-state index < -0.39 is 0 Å². The third-order valence-corrected chi connectivity index (χ3v) is 3.24. The van der Waals surface area contributed by atoms with Gasteiger partial charge in [0.2, 0.25) is 0 Å². The monoisotopic (exact) mass is 262 g/mol. The molecule has 0 aromatic heterocycles. The zero-order valence-electron chi connectivity index (χ0n) is 11.7. The van der Waals surface area contributed by atoms with Gasteiger partial charge in [-0.25, -0.2) is 4.39 Å². The zero-order valence-corrected chi connectivity index (χ0v) is 11.7. The Labute approximate surface area is 115 Å². The minimum absolute atomic E-state index is 0.00658. The molecule has 2 atom stereocenters. The highest BCUT2D eigenvalue weighted by atomic mass is 19.1. The van der Waals surface area contributed by atoms with Gasteiger partial charge < -0.3 is 5.73 Å². The summed E-state index contributed by atoms with van der Waals surface area (Å²) < 4.78 is 13.2. The molecule has 19 heavy (non-hydrogen) atoms. The minimum Gasteiger partial charge on any atom is -0.329 e. The molecule has 0 radical (unpaired) electrons. The normalized spacial score (nSPS) is 15.5. The maximum absolute atomic E-state index is 13.2. The molecule has 0 spiro atoms. The number of nitrogens with one attached hydrogen (secondary N) is 1. The molecular formula is C16H23FN2. The molecule has 0 heterocycles. The van der Waals surface area contributed by atoms with Crippen LogP contribution in [-0.4, -0.2) is 18.1 Å². The molecule has 0 saturated carbocycles. The lowest BCUT2D eigenvalue weighted by Crippen LogP contribution is -2.54. The largest absolute Gasteiger partial charge is 0.329 e. The van der Waals surface area contributed by atoms with Crippen molar-refractivity contribution in [2.24, 2.45) is 5.73 Å². The fourth-order valence-electron chi connectivity index (χ4n) is 2.19. The standard InChI is InChI=1S/C16H23FN2/c1-4-7-15(5-2)19-16(3,12-18)11-13-8-6-9-14(17)10-13/h2,6,8-10,15,19H,4,7,11-12,18H2,1,3H3. The number of hydrogen-bond acceptors (Lipinski definition) is 2. The predicted molar refractivity (Wildman–Crippen MR) is 78.2 cm³/mol.